The average molecular weight is 328 g/mol. The number of carbonyl (C=O) groups is 1. The third-order valence-corrected chi connectivity index (χ3v) is 5.17. The Kier molecular flexibility index (Phi) is 4.29. The van der Waals surface area contributed by atoms with Crippen LogP contribution in [-0.4, -0.2) is 47.9 Å². The zero-order valence-corrected chi connectivity index (χ0v) is 13.3. The molecule has 2 fully saturated rings. The maximum absolute atomic E-state index is 12.8. The summed E-state index contributed by atoms with van der Waals surface area (Å²) in [5, 5.41) is 0.626. The molecule has 2 heterocycles. The molecule has 0 bridgehead atoms. The van der Waals surface area contributed by atoms with Crippen molar-refractivity contribution in [1.29, 1.82) is 0 Å². The number of benzene rings is 1. The van der Waals surface area contributed by atoms with Gasteiger partial charge in [0.05, 0.1) is 15.6 Å². The highest BCUT2D eigenvalue weighted by molar-refractivity contribution is 6.44. The largest absolute Gasteiger partial charge is 0.399 e. The van der Waals surface area contributed by atoms with Gasteiger partial charge in [-0.05, 0) is 37.9 Å². The Labute approximate surface area is 134 Å². The van der Waals surface area contributed by atoms with Gasteiger partial charge in [0, 0.05) is 31.4 Å². The average Bonchev–Trinajstić information content (AvgIpc) is 2.79. The lowest BCUT2D eigenvalue weighted by Crippen LogP contribution is -2.39. The van der Waals surface area contributed by atoms with Gasteiger partial charge in [0.25, 0.3) is 5.91 Å². The molecule has 3 rings (SSSR count). The molecule has 0 aromatic heterocycles. The van der Waals surface area contributed by atoms with Crippen molar-refractivity contribution in [3.63, 3.8) is 0 Å². The van der Waals surface area contributed by atoms with Gasteiger partial charge in [-0.15, -0.1) is 0 Å². The van der Waals surface area contributed by atoms with Crippen molar-refractivity contribution in [3.8, 4) is 0 Å². The first-order valence-corrected chi connectivity index (χ1v) is 8.09. The number of rotatable bonds is 1. The summed E-state index contributed by atoms with van der Waals surface area (Å²) in [7, 11) is 0. The van der Waals surface area contributed by atoms with E-state index in [4.69, 9.17) is 28.9 Å². The number of hydrogen-bond donors (Lipinski definition) is 1. The Morgan fingerprint density at radius 1 is 1.19 bits per heavy atom. The summed E-state index contributed by atoms with van der Waals surface area (Å²) in [6, 6.07) is 3.67. The van der Waals surface area contributed by atoms with Crippen LogP contribution in [0.3, 0.4) is 0 Å². The highest BCUT2D eigenvalue weighted by atomic mass is 35.5. The second-order valence-electron chi connectivity index (χ2n) is 5.80. The first-order valence-electron chi connectivity index (χ1n) is 7.34. The Morgan fingerprint density at radius 2 is 1.95 bits per heavy atom. The summed E-state index contributed by atoms with van der Waals surface area (Å²) in [5.41, 5.74) is 6.66. The second-order valence-corrected chi connectivity index (χ2v) is 6.59. The van der Waals surface area contributed by atoms with E-state index in [9.17, 15) is 4.79 Å². The van der Waals surface area contributed by atoms with E-state index in [1.54, 1.807) is 12.1 Å². The van der Waals surface area contributed by atoms with E-state index >= 15 is 0 Å². The number of carbonyl (C=O) groups excluding carboxylic acids is 1. The topological polar surface area (TPSA) is 49.6 Å². The fourth-order valence-electron chi connectivity index (χ4n) is 3.33. The van der Waals surface area contributed by atoms with Crippen LogP contribution in [0.25, 0.3) is 0 Å². The second kappa shape index (κ2) is 6.03. The smallest absolute Gasteiger partial charge is 0.255 e. The molecule has 114 valence electrons. The van der Waals surface area contributed by atoms with Crippen molar-refractivity contribution in [1.82, 2.24) is 9.80 Å². The number of nitrogens with zero attached hydrogens (tertiary/aromatic N) is 2. The third-order valence-electron chi connectivity index (χ3n) is 4.37. The van der Waals surface area contributed by atoms with Gasteiger partial charge in [0.15, 0.2) is 0 Å². The minimum absolute atomic E-state index is 0.0667. The SMILES string of the molecule is Nc1cc(Cl)c(Cl)c(C(=O)N2CCCN3CCCC3C2)c1. The fraction of sp³-hybridized carbons (Fsp3) is 0.533. The highest BCUT2D eigenvalue weighted by Gasteiger charge is 2.31. The summed E-state index contributed by atoms with van der Waals surface area (Å²) in [4.78, 5) is 17.2. The quantitative estimate of drug-likeness (QED) is 0.807. The Morgan fingerprint density at radius 3 is 2.76 bits per heavy atom. The molecule has 1 atom stereocenters. The van der Waals surface area contributed by atoms with Gasteiger partial charge in [0.2, 0.25) is 0 Å². The highest BCUT2D eigenvalue weighted by Crippen LogP contribution is 2.30. The molecule has 0 saturated carbocycles. The van der Waals surface area contributed by atoms with E-state index in [0.29, 0.717) is 27.3 Å². The Bertz CT molecular complexity index is 564. The van der Waals surface area contributed by atoms with E-state index < -0.39 is 0 Å². The van der Waals surface area contributed by atoms with Crippen LogP contribution in [0.5, 0.6) is 0 Å². The molecular weight excluding hydrogens is 309 g/mol. The third kappa shape index (κ3) is 2.98. The zero-order chi connectivity index (χ0) is 15.0. The number of nitrogens with two attached hydrogens (primary N) is 1. The first kappa shape index (κ1) is 14.9. The van der Waals surface area contributed by atoms with Crippen LogP contribution < -0.4 is 5.73 Å². The van der Waals surface area contributed by atoms with Crippen LogP contribution in [0.15, 0.2) is 12.1 Å². The fourth-order valence-corrected chi connectivity index (χ4v) is 3.74. The van der Waals surface area contributed by atoms with Gasteiger partial charge in [-0.3, -0.25) is 9.69 Å². The van der Waals surface area contributed by atoms with Crippen LogP contribution in [0.2, 0.25) is 10.0 Å². The van der Waals surface area contributed by atoms with Crippen molar-refractivity contribution in [2.75, 3.05) is 31.9 Å². The first-order chi connectivity index (χ1) is 10.1. The van der Waals surface area contributed by atoms with Gasteiger partial charge >= 0.3 is 0 Å². The molecule has 2 N–H and O–H groups in total. The molecule has 1 aromatic rings. The van der Waals surface area contributed by atoms with Crippen molar-refractivity contribution in [3.05, 3.63) is 27.7 Å². The molecule has 6 heteroatoms. The predicted molar refractivity (Wildman–Crippen MR) is 86.0 cm³/mol. The van der Waals surface area contributed by atoms with Crippen LogP contribution >= 0.6 is 23.2 Å². The van der Waals surface area contributed by atoms with Crippen molar-refractivity contribution in [2.45, 2.75) is 25.3 Å². The summed E-state index contributed by atoms with van der Waals surface area (Å²) < 4.78 is 0. The minimum Gasteiger partial charge on any atom is -0.399 e. The van der Waals surface area contributed by atoms with E-state index in [1.165, 1.54) is 6.42 Å². The molecule has 2 saturated heterocycles. The molecule has 0 radical (unpaired) electrons. The van der Waals surface area contributed by atoms with Gasteiger partial charge in [-0.2, -0.15) is 0 Å². The molecule has 2 aliphatic rings. The number of fused-ring (bicyclic) bond motifs is 1. The van der Waals surface area contributed by atoms with Gasteiger partial charge in [-0.25, -0.2) is 0 Å². The van der Waals surface area contributed by atoms with E-state index in [2.05, 4.69) is 4.90 Å². The summed E-state index contributed by atoms with van der Waals surface area (Å²) in [5.74, 6) is -0.0667. The van der Waals surface area contributed by atoms with E-state index in [1.807, 2.05) is 4.90 Å². The van der Waals surface area contributed by atoms with Gasteiger partial charge in [0.1, 0.15) is 0 Å². The Hall–Kier alpha value is -0.970. The Balaban J connectivity index is 1.84. The molecule has 1 unspecified atom stereocenters. The van der Waals surface area contributed by atoms with Crippen LogP contribution in [0.4, 0.5) is 5.69 Å². The number of halogens is 2. The monoisotopic (exact) mass is 327 g/mol. The normalized spacial score (nSPS) is 23.0. The van der Waals surface area contributed by atoms with Crippen LogP contribution in [0.1, 0.15) is 29.6 Å². The maximum Gasteiger partial charge on any atom is 0.255 e. The number of hydrogen-bond acceptors (Lipinski definition) is 3. The van der Waals surface area contributed by atoms with E-state index in [0.717, 1.165) is 39.0 Å². The minimum atomic E-state index is -0.0667. The number of anilines is 1. The lowest BCUT2D eigenvalue weighted by atomic mass is 10.1. The van der Waals surface area contributed by atoms with Crippen molar-refractivity contribution in [2.24, 2.45) is 0 Å². The lowest BCUT2D eigenvalue weighted by Gasteiger charge is -2.26. The van der Waals surface area contributed by atoms with Crippen molar-refractivity contribution >= 4 is 34.8 Å². The standard InChI is InChI=1S/C15H19Cl2N3O/c16-13-8-10(18)7-12(14(13)17)15(21)20-6-2-5-19-4-1-3-11(19)9-20/h7-8,11H,1-6,9,18H2. The predicted octanol–water partition coefficient (Wildman–Crippen LogP) is 2.89. The number of nitrogen functional groups attached to an aromatic ring is 1. The molecule has 1 amide bonds. The molecule has 4 nitrogen and oxygen atoms in total. The molecule has 0 aliphatic carbocycles. The van der Waals surface area contributed by atoms with Crippen molar-refractivity contribution < 1.29 is 4.79 Å². The van der Waals surface area contributed by atoms with E-state index in [-0.39, 0.29) is 5.91 Å². The van der Waals surface area contributed by atoms with Gasteiger partial charge < -0.3 is 10.6 Å². The molecule has 1 aromatic carbocycles. The molecule has 21 heavy (non-hydrogen) atoms. The number of amides is 1. The lowest BCUT2D eigenvalue weighted by molar-refractivity contribution is 0.0743. The molecule has 2 aliphatic heterocycles. The molecular formula is C15H19Cl2N3O. The van der Waals surface area contributed by atoms with Crippen LogP contribution in [0, 0.1) is 0 Å². The summed E-state index contributed by atoms with van der Waals surface area (Å²) in [6.45, 7) is 3.74. The summed E-state index contributed by atoms with van der Waals surface area (Å²) in [6.07, 6.45) is 3.38. The molecule has 0 spiro atoms. The maximum atomic E-state index is 12.8. The van der Waals surface area contributed by atoms with Gasteiger partial charge in [-0.1, -0.05) is 23.2 Å². The zero-order valence-electron chi connectivity index (χ0n) is 11.8. The summed E-state index contributed by atoms with van der Waals surface area (Å²) >= 11 is 12.2. The van der Waals surface area contributed by atoms with Crippen LogP contribution in [-0.2, 0) is 0 Å².